The molecule has 0 bridgehead atoms. The van der Waals surface area contributed by atoms with Gasteiger partial charge in [-0.25, -0.2) is 0 Å². The lowest BCUT2D eigenvalue weighted by atomic mass is 9.97. The number of amides is 1. The van der Waals surface area contributed by atoms with Gasteiger partial charge in [0.15, 0.2) is 16.9 Å². The predicted molar refractivity (Wildman–Crippen MR) is 141 cm³/mol. The van der Waals surface area contributed by atoms with E-state index in [0.717, 1.165) is 5.56 Å². The second-order valence-electron chi connectivity index (χ2n) is 9.35. The smallest absolute Gasteiger partial charge is 0.295 e. The Hall–Kier alpha value is -3.77. The Morgan fingerprint density at radius 1 is 1.03 bits per heavy atom. The normalized spacial score (nSPS) is 15.0. The first-order valence-electron chi connectivity index (χ1n) is 11.8. The molecule has 1 amide bonds. The molecule has 0 aliphatic carbocycles. The number of methoxy groups -OCH3 is 1. The molecule has 4 aromatic rings. The molecule has 0 spiro atoms. The fourth-order valence-corrected chi connectivity index (χ4v) is 4.71. The molecule has 0 N–H and O–H groups in total. The van der Waals surface area contributed by atoms with E-state index in [0.29, 0.717) is 51.3 Å². The van der Waals surface area contributed by atoms with Crippen molar-refractivity contribution in [3.05, 3.63) is 98.4 Å². The van der Waals surface area contributed by atoms with Crippen LogP contribution in [0.2, 0.25) is 5.02 Å². The number of carbonyl (C=O) groups is 1. The number of ether oxygens (including phenoxy) is 2. The molecule has 1 aliphatic heterocycles. The molecule has 0 saturated carbocycles. The molecule has 3 aromatic carbocycles. The molecule has 184 valence electrons. The third-order valence-corrected chi connectivity index (χ3v) is 6.42. The van der Waals surface area contributed by atoms with Crippen LogP contribution in [0.1, 0.15) is 47.1 Å². The average molecular weight is 504 g/mol. The summed E-state index contributed by atoms with van der Waals surface area (Å²) in [5.41, 5.74) is 2.65. The molecule has 6 nitrogen and oxygen atoms in total. The highest BCUT2D eigenvalue weighted by Gasteiger charge is 2.44. The van der Waals surface area contributed by atoms with E-state index in [9.17, 15) is 9.59 Å². The fraction of sp³-hybridized carbons (Fsp3) is 0.241. The van der Waals surface area contributed by atoms with E-state index < -0.39 is 6.04 Å². The summed E-state index contributed by atoms with van der Waals surface area (Å²) in [5, 5.41) is 0.744. The number of nitrogens with zero attached hydrogens (tertiary/aromatic N) is 1. The van der Waals surface area contributed by atoms with Gasteiger partial charge in [0, 0.05) is 10.7 Å². The summed E-state index contributed by atoms with van der Waals surface area (Å²) in [6.45, 7) is 6.62. The van der Waals surface area contributed by atoms with Crippen LogP contribution in [0.5, 0.6) is 11.5 Å². The zero-order chi connectivity index (χ0) is 25.6. The van der Waals surface area contributed by atoms with Crippen LogP contribution >= 0.6 is 11.6 Å². The number of hydrogen-bond donors (Lipinski definition) is 0. The molecular formula is C29H26ClNO5. The molecular weight excluding hydrogens is 478 g/mol. The van der Waals surface area contributed by atoms with Crippen molar-refractivity contribution in [1.82, 2.24) is 0 Å². The Labute approximate surface area is 214 Å². The van der Waals surface area contributed by atoms with E-state index in [4.69, 9.17) is 25.5 Å². The van der Waals surface area contributed by atoms with Gasteiger partial charge in [-0.15, -0.1) is 0 Å². The Morgan fingerprint density at radius 2 is 1.83 bits per heavy atom. The molecule has 7 heteroatoms. The van der Waals surface area contributed by atoms with E-state index in [1.165, 1.54) is 0 Å². The summed E-state index contributed by atoms with van der Waals surface area (Å²) in [7, 11) is 1.57. The van der Waals surface area contributed by atoms with E-state index in [2.05, 4.69) is 13.8 Å². The Kier molecular flexibility index (Phi) is 6.22. The molecule has 1 unspecified atom stereocenters. The van der Waals surface area contributed by atoms with Crippen LogP contribution in [-0.4, -0.2) is 19.6 Å². The maximum absolute atomic E-state index is 13.8. The number of anilines is 1. The van der Waals surface area contributed by atoms with Gasteiger partial charge in [0.05, 0.1) is 30.7 Å². The van der Waals surface area contributed by atoms with Crippen molar-refractivity contribution in [2.24, 2.45) is 5.92 Å². The van der Waals surface area contributed by atoms with Crippen molar-refractivity contribution in [3.63, 3.8) is 0 Å². The number of halogens is 1. The molecule has 0 saturated heterocycles. The second-order valence-corrected chi connectivity index (χ2v) is 9.78. The summed E-state index contributed by atoms with van der Waals surface area (Å²) in [6.07, 6.45) is 0. The van der Waals surface area contributed by atoms with E-state index in [-0.39, 0.29) is 22.7 Å². The van der Waals surface area contributed by atoms with Crippen LogP contribution in [0.15, 0.2) is 69.9 Å². The van der Waals surface area contributed by atoms with Crippen molar-refractivity contribution in [2.75, 3.05) is 18.6 Å². The minimum absolute atomic E-state index is 0.0282. The van der Waals surface area contributed by atoms with Crippen LogP contribution in [0.3, 0.4) is 0 Å². The third kappa shape index (κ3) is 4.11. The Morgan fingerprint density at radius 3 is 2.56 bits per heavy atom. The van der Waals surface area contributed by atoms with Crippen molar-refractivity contribution < 1.29 is 18.7 Å². The van der Waals surface area contributed by atoms with Crippen LogP contribution in [0.4, 0.5) is 5.69 Å². The number of carbonyl (C=O) groups excluding carboxylic acids is 1. The lowest BCUT2D eigenvalue weighted by molar-refractivity contribution is 0.0971. The maximum atomic E-state index is 13.8. The minimum atomic E-state index is -0.720. The average Bonchev–Trinajstić information content (AvgIpc) is 3.15. The largest absolute Gasteiger partial charge is 0.493 e. The summed E-state index contributed by atoms with van der Waals surface area (Å²) in [4.78, 5) is 29.2. The first-order chi connectivity index (χ1) is 17.3. The Balaban J connectivity index is 1.74. The van der Waals surface area contributed by atoms with Gasteiger partial charge in [-0.05, 0) is 66.4 Å². The molecule has 1 atom stereocenters. The van der Waals surface area contributed by atoms with Crippen molar-refractivity contribution in [1.29, 1.82) is 0 Å². The number of rotatable bonds is 6. The summed E-state index contributed by atoms with van der Waals surface area (Å²) in [5.74, 6) is 1.11. The first-order valence-corrected chi connectivity index (χ1v) is 12.1. The van der Waals surface area contributed by atoms with Crippen molar-refractivity contribution in [2.45, 2.75) is 26.8 Å². The monoisotopic (exact) mass is 503 g/mol. The number of aryl methyl sites for hydroxylation is 1. The standard InChI is InChI=1S/C29H26ClNO5/c1-16(2)15-35-23-10-8-18(13-24(23)34-4)26-25-27(32)21-14-19(30)9-11-22(21)36-28(25)29(33)31(26)20-7-5-6-17(3)12-20/h5-14,16,26H,15H2,1-4H3. The van der Waals surface area contributed by atoms with Gasteiger partial charge in [0.1, 0.15) is 5.58 Å². The van der Waals surface area contributed by atoms with Crippen molar-refractivity contribution in [3.8, 4) is 11.5 Å². The second kappa shape index (κ2) is 9.36. The van der Waals surface area contributed by atoms with Gasteiger partial charge in [-0.2, -0.15) is 0 Å². The Bertz CT molecular complexity index is 1540. The molecule has 5 rings (SSSR count). The highest BCUT2D eigenvalue weighted by Crippen LogP contribution is 2.43. The SMILES string of the molecule is COc1cc(C2c3c(oc4ccc(Cl)cc4c3=O)C(=O)N2c2cccc(C)c2)ccc1OCC(C)C. The van der Waals surface area contributed by atoms with Crippen LogP contribution < -0.4 is 19.8 Å². The van der Waals surface area contributed by atoms with E-state index >= 15 is 0 Å². The maximum Gasteiger partial charge on any atom is 0.295 e. The van der Waals surface area contributed by atoms with E-state index in [1.54, 1.807) is 30.2 Å². The van der Waals surface area contributed by atoms with Gasteiger partial charge >= 0.3 is 0 Å². The topological polar surface area (TPSA) is 69.0 Å². The fourth-order valence-electron chi connectivity index (χ4n) is 4.53. The molecule has 2 heterocycles. The number of hydrogen-bond acceptors (Lipinski definition) is 5. The minimum Gasteiger partial charge on any atom is -0.493 e. The van der Waals surface area contributed by atoms with E-state index in [1.807, 2.05) is 49.4 Å². The molecule has 0 radical (unpaired) electrons. The molecule has 36 heavy (non-hydrogen) atoms. The van der Waals surface area contributed by atoms with Crippen LogP contribution in [0.25, 0.3) is 11.0 Å². The predicted octanol–water partition coefficient (Wildman–Crippen LogP) is 6.55. The van der Waals surface area contributed by atoms with Gasteiger partial charge < -0.3 is 13.9 Å². The summed E-state index contributed by atoms with van der Waals surface area (Å²) in [6, 6.07) is 17.2. The number of benzene rings is 3. The zero-order valence-corrected chi connectivity index (χ0v) is 21.3. The third-order valence-electron chi connectivity index (χ3n) is 6.19. The summed E-state index contributed by atoms with van der Waals surface area (Å²) < 4.78 is 17.6. The quantitative estimate of drug-likeness (QED) is 0.298. The lowest BCUT2D eigenvalue weighted by Crippen LogP contribution is -2.29. The van der Waals surface area contributed by atoms with Gasteiger partial charge in [-0.3, -0.25) is 14.5 Å². The lowest BCUT2D eigenvalue weighted by Gasteiger charge is -2.26. The molecule has 1 aliphatic rings. The van der Waals surface area contributed by atoms with Crippen LogP contribution in [-0.2, 0) is 0 Å². The van der Waals surface area contributed by atoms with Gasteiger partial charge in [0.2, 0.25) is 5.76 Å². The van der Waals surface area contributed by atoms with Crippen LogP contribution in [0, 0.1) is 12.8 Å². The molecule has 0 fully saturated rings. The number of fused-ring (bicyclic) bond motifs is 2. The van der Waals surface area contributed by atoms with Gasteiger partial charge in [-0.1, -0.05) is 43.6 Å². The highest BCUT2D eigenvalue weighted by molar-refractivity contribution is 6.31. The zero-order valence-electron chi connectivity index (χ0n) is 20.5. The van der Waals surface area contributed by atoms with Gasteiger partial charge in [0.25, 0.3) is 5.91 Å². The molecule has 1 aromatic heterocycles. The summed E-state index contributed by atoms with van der Waals surface area (Å²) >= 11 is 6.19. The first kappa shape index (κ1) is 23.9. The highest BCUT2D eigenvalue weighted by atomic mass is 35.5. The van der Waals surface area contributed by atoms with Crippen molar-refractivity contribution >= 4 is 34.2 Å².